The van der Waals surface area contributed by atoms with Gasteiger partial charge in [0.15, 0.2) is 0 Å². The van der Waals surface area contributed by atoms with Gasteiger partial charge in [-0.25, -0.2) is 4.98 Å². The van der Waals surface area contributed by atoms with Crippen LogP contribution in [0.15, 0.2) is 29.6 Å². The average molecular weight is 324 g/mol. The summed E-state index contributed by atoms with van der Waals surface area (Å²) < 4.78 is 0. The van der Waals surface area contributed by atoms with Crippen molar-refractivity contribution in [2.45, 2.75) is 38.9 Å². The zero-order chi connectivity index (χ0) is 15.4. The highest BCUT2D eigenvalue weighted by Crippen LogP contribution is 2.30. The zero-order valence-corrected chi connectivity index (χ0v) is 14.3. The van der Waals surface area contributed by atoms with Gasteiger partial charge in [0, 0.05) is 23.0 Å². The standard InChI is InChI=1S/C16H22ClN3S/c1-4-15(18)16(13-7-5-6-8-14(13)17)20(3)9-12-10-21-11(2)19-12/h5-8,10,15-16H,4,9,18H2,1-3H3. The molecular formula is C16H22ClN3S. The van der Waals surface area contributed by atoms with Gasteiger partial charge in [-0.2, -0.15) is 0 Å². The van der Waals surface area contributed by atoms with Crippen molar-refractivity contribution in [2.75, 3.05) is 7.05 Å². The van der Waals surface area contributed by atoms with Crippen molar-refractivity contribution in [1.82, 2.24) is 9.88 Å². The molecule has 0 aliphatic rings. The Morgan fingerprint density at radius 1 is 1.38 bits per heavy atom. The van der Waals surface area contributed by atoms with Crippen molar-refractivity contribution in [3.63, 3.8) is 0 Å². The molecule has 2 aromatic rings. The molecule has 21 heavy (non-hydrogen) atoms. The number of nitrogens with two attached hydrogens (primary N) is 1. The average Bonchev–Trinajstić information content (AvgIpc) is 2.86. The number of thiazole rings is 1. The van der Waals surface area contributed by atoms with E-state index in [-0.39, 0.29) is 12.1 Å². The molecule has 1 heterocycles. The van der Waals surface area contributed by atoms with Crippen molar-refractivity contribution in [2.24, 2.45) is 5.73 Å². The molecule has 114 valence electrons. The quantitative estimate of drug-likeness (QED) is 0.873. The van der Waals surface area contributed by atoms with Crippen molar-refractivity contribution >= 4 is 22.9 Å². The van der Waals surface area contributed by atoms with Crippen molar-refractivity contribution in [3.05, 3.63) is 50.9 Å². The van der Waals surface area contributed by atoms with E-state index in [9.17, 15) is 0 Å². The van der Waals surface area contributed by atoms with E-state index in [2.05, 4.69) is 35.3 Å². The second kappa shape index (κ2) is 7.36. The molecule has 0 amide bonds. The van der Waals surface area contributed by atoms with E-state index in [1.54, 1.807) is 11.3 Å². The molecule has 2 N–H and O–H groups in total. The molecule has 2 unspecified atom stereocenters. The molecule has 0 fully saturated rings. The Morgan fingerprint density at radius 2 is 2.10 bits per heavy atom. The Bertz CT molecular complexity index is 584. The zero-order valence-electron chi connectivity index (χ0n) is 12.7. The van der Waals surface area contributed by atoms with Gasteiger partial charge in [0.1, 0.15) is 0 Å². The van der Waals surface area contributed by atoms with E-state index < -0.39 is 0 Å². The number of aromatic nitrogens is 1. The molecule has 0 spiro atoms. The van der Waals surface area contributed by atoms with Crippen LogP contribution in [0.5, 0.6) is 0 Å². The fraction of sp³-hybridized carbons (Fsp3) is 0.438. The summed E-state index contributed by atoms with van der Waals surface area (Å²) in [6.07, 6.45) is 0.899. The van der Waals surface area contributed by atoms with Gasteiger partial charge < -0.3 is 5.73 Å². The first-order chi connectivity index (χ1) is 10.0. The number of hydrogen-bond donors (Lipinski definition) is 1. The van der Waals surface area contributed by atoms with Crippen LogP contribution in [0.4, 0.5) is 0 Å². The summed E-state index contributed by atoms with van der Waals surface area (Å²) in [6.45, 7) is 4.90. The second-order valence-electron chi connectivity index (χ2n) is 5.31. The maximum absolute atomic E-state index is 6.38. The highest BCUT2D eigenvalue weighted by Gasteiger charge is 2.25. The van der Waals surface area contributed by atoms with Crippen LogP contribution in [0.2, 0.25) is 5.02 Å². The van der Waals surface area contributed by atoms with E-state index in [4.69, 9.17) is 17.3 Å². The van der Waals surface area contributed by atoms with Crippen LogP contribution in [0.25, 0.3) is 0 Å². The first kappa shape index (κ1) is 16.4. The highest BCUT2D eigenvalue weighted by molar-refractivity contribution is 7.09. The number of hydrogen-bond acceptors (Lipinski definition) is 4. The molecule has 5 heteroatoms. The maximum Gasteiger partial charge on any atom is 0.0897 e. The summed E-state index contributed by atoms with van der Waals surface area (Å²) in [5.74, 6) is 0. The van der Waals surface area contributed by atoms with Gasteiger partial charge in [0.05, 0.1) is 16.7 Å². The fourth-order valence-electron chi connectivity index (χ4n) is 2.57. The van der Waals surface area contributed by atoms with Crippen LogP contribution in [-0.4, -0.2) is 23.0 Å². The Morgan fingerprint density at radius 3 is 2.67 bits per heavy atom. The van der Waals surface area contributed by atoms with Crippen LogP contribution in [-0.2, 0) is 6.54 Å². The number of benzene rings is 1. The van der Waals surface area contributed by atoms with Gasteiger partial charge in [-0.15, -0.1) is 11.3 Å². The lowest BCUT2D eigenvalue weighted by Crippen LogP contribution is -2.38. The minimum Gasteiger partial charge on any atom is -0.326 e. The van der Waals surface area contributed by atoms with Crippen LogP contribution in [0.3, 0.4) is 0 Å². The summed E-state index contributed by atoms with van der Waals surface area (Å²) in [6, 6.07) is 8.07. The molecule has 0 aliphatic carbocycles. The van der Waals surface area contributed by atoms with Crippen molar-refractivity contribution in [3.8, 4) is 0 Å². The molecule has 0 aliphatic heterocycles. The predicted octanol–water partition coefficient (Wildman–Crippen LogP) is 4.02. The number of rotatable bonds is 6. The van der Waals surface area contributed by atoms with Gasteiger partial charge in [-0.1, -0.05) is 36.7 Å². The lowest BCUT2D eigenvalue weighted by molar-refractivity contribution is 0.200. The Hall–Kier alpha value is -0.940. The largest absolute Gasteiger partial charge is 0.326 e. The SMILES string of the molecule is CCC(N)C(c1ccccc1Cl)N(C)Cc1csc(C)n1. The van der Waals surface area contributed by atoms with Crippen molar-refractivity contribution in [1.29, 1.82) is 0 Å². The molecule has 0 saturated carbocycles. The minimum atomic E-state index is 0.0367. The first-order valence-electron chi connectivity index (χ1n) is 7.14. The molecule has 0 bridgehead atoms. The van der Waals surface area contributed by atoms with Gasteiger partial charge >= 0.3 is 0 Å². The molecular weight excluding hydrogens is 302 g/mol. The highest BCUT2D eigenvalue weighted by atomic mass is 35.5. The maximum atomic E-state index is 6.38. The third kappa shape index (κ3) is 4.04. The van der Waals surface area contributed by atoms with Gasteiger partial charge in [-0.3, -0.25) is 4.90 Å². The summed E-state index contributed by atoms with van der Waals surface area (Å²) in [4.78, 5) is 6.78. The van der Waals surface area contributed by atoms with E-state index in [0.717, 1.165) is 34.3 Å². The van der Waals surface area contributed by atoms with Crippen molar-refractivity contribution < 1.29 is 0 Å². The molecule has 1 aromatic heterocycles. The molecule has 2 rings (SSSR count). The fourth-order valence-corrected chi connectivity index (χ4v) is 3.42. The molecule has 2 atom stereocenters. The normalized spacial score (nSPS) is 14.4. The van der Waals surface area contributed by atoms with E-state index in [1.165, 1.54) is 0 Å². The van der Waals surface area contributed by atoms with Crippen LogP contribution in [0, 0.1) is 6.92 Å². The summed E-state index contributed by atoms with van der Waals surface area (Å²) >= 11 is 8.05. The number of nitrogens with zero attached hydrogens (tertiary/aromatic N) is 2. The lowest BCUT2D eigenvalue weighted by Gasteiger charge is -2.33. The van der Waals surface area contributed by atoms with Crippen LogP contribution in [0.1, 0.15) is 35.7 Å². The Labute approximate surface area is 135 Å². The summed E-state index contributed by atoms with van der Waals surface area (Å²) in [7, 11) is 2.08. The number of aryl methyl sites for hydroxylation is 1. The monoisotopic (exact) mass is 323 g/mol. The minimum absolute atomic E-state index is 0.0367. The topological polar surface area (TPSA) is 42.1 Å². The number of likely N-dealkylation sites (N-methyl/N-ethyl adjacent to an activating group) is 1. The Balaban J connectivity index is 2.25. The van der Waals surface area contributed by atoms with Gasteiger partial charge in [0.25, 0.3) is 0 Å². The lowest BCUT2D eigenvalue weighted by atomic mass is 9.96. The van der Waals surface area contributed by atoms with E-state index in [1.807, 2.05) is 25.1 Å². The van der Waals surface area contributed by atoms with E-state index >= 15 is 0 Å². The molecule has 1 aromatic carbocycles. The Kier molecular flexibility index (Phi) is 5.76. The third-order valence-corrected chi connectivity index (χ3v) is 4.82. The smallest absolute Gasteiger partial charge is 0.0897 e. The predicted molar refractivity (Wildman–Crippen MR) is 90.8 cm³/mol. The summed E-state index contributed by atoms with van der Waals surface area (Å²) in [5, 5.41) is 3.97. The second-order valence-corrected chi connectivity index (χ2v) is 6.78. The van der Waals surface area contributed by atoms with Crippen LogP contribution >= 0.6 is 22.9 Å². The van der Waals surface area contributed by atoms with Crippen LogP contribution < -0.4 is 5.73 Å². The molecule has 0 radical (unpaired) electrons. The van der Waals surface area contributed by atoms with Gasteiger partial charge in [-0.05, 0) is 32.0 Å². The van der Waals surface area contributed by atoms with Gasteiger partial charge in [0.2, 0.25) is 0 Å². The molecule has 0 saturated heterocycles. The number of halogens is 1. The molecule has 3 nitrogen and oxygen atoms in total. The first-order valence-corrected chi connectivity index (χ1v) is 8.40. The van der Waals surface area contributed by atoms with E-state index in [0.29, 0.717) is 0 Å². The summed E-state index contributed by atoms with van der Waals surface area (Å²) in [5.41, 5.74) is 8.53. The third-order valence-electron chi connectivity index (χ3n) is 3.65.